The summed E-state index contributed by atoms with van der Waals surface area (Å²) in [6.07, 6.45) is 1.59. The number of carbonyl (C=O) groups excluding carboxylic acids is 3. The number of nitrogens with zero attached hydrogens (tertiary/aromatic N) is 2. The zero-order valence-electron chi connectivity index (χ0n) is 15.4. The van der Waals surface area contributed by atoms with Gasteiger partial charge in [0.15, 0.2) is 11.1 Å². The summed E-state index contributed by atoms with van der Waals surface area (Å²) in [4.78, 5) is 43.5. The number of benzene rings is 1. The number of imide groups is 1. The first kappa shape index (κ1) is 17.2. The number of hydrogen-bond acceptors (Lipinski definition) is 6. The van der Waals surface area contributed by atoms with Gasteiger partial charge in [-0.15, -0.1) is 0 Å². The van der Waals surface area contributed by atoms with Crippen LogP contribution in [0.25, 0.3) is 11.1 Å². The minimum atomic E-state index is -1.58. The Hall–Kier alpha value is -3.88. The summed E-state index contributed by atoms with van der Waals surface area (Å²) in [7, 11) is 0. The molecule has 4 heterocycles. The fraction of sp³-hybridized carbons (Fsp3) is 0.200. The van der Waals surface area contributed by atoms with Crippen molar-refractivity contribution < 1.29 is 23.9 Å². The minimum absolute atomic E-state index is 0.0314. The number of urea groups is 1. The second-order valence-corrected chi connectivity index (χ2v) is 7.22. The van der Waals surface area contributed by atoms with E-state index in [9.17, 15) is 19.5 Å². The predicted molar refractivity (Wildman–Crippen MR) is 99.9 cm³/mol. The number of nitrogens with one attached hydrogen (secondary N) is 2. The maximum absolute atomic E-state index is 13.0. The first-order chi connectivity index (χ1) is 13.9. The lowest BCUT2D eigenvalue weighted by Gasteiger charge is -2.29. The predicted octanol–water partition coefficient (Wildman–Crippen LogP) is 1.53. The molecule has 0 unspecified atom stereocenters. The lowest BCUT2D eigenvalue weighted by Crippen LogP contribution is -2.52. The SMILES string of the molecule is Cc1c(O)ccc2c1C(=O)N(C[C@@]1(c3cc4ncccc4o3)NC(=O)NC1=O)C2. The van der Waals surface area contributed by atoms with Crippen LogP contribution in [-0.2, 0) is 16.9 Å². The molecule has 0 radical (unpaired) electrons. The Morgan fingerprint density at radius 2 is 2.10 bits per heavy atom. The fourth-order valence-electron chi connectivity index (χ4n) is 3.97. The largest absolute Gasteiger partial charge is 0.508 e. The Morgan fingerprint density at radius 3 is 2.83 bits per heavy atom. The van der Waals surface area contributed by atoms with E-state index in [1.807, 2.05) is 0 Å². The third-order valence-corrected chi connectivity index (χ3v) is 5.46. The Bertz CT molecular complexity index is 1180. The van der Waals surface area contributed by atoms with Crippen LogP contribution in [0.4, 0.5) is 4.79 Å². The Balaban J connectivity index is 1.57. The van der Waals surface area contributed by atoms with Crippen LogP contribution in [0, 0.1) is 6.92 Å². The summed E-state index contributed by atoms with van der Waals surface area (Å²) in [6, 6.07) is 7.55. The van der Waals surface area contributed by atoms with Crippen molar-refractivity contribution in [3.8, 4) is 5.75 Å². The Morgan fingerprint density at radius 1 is 1.28 bits per heavy atom. The molecule has 5 rings (SSSR count). The lowest BCUT2D eigenvalue weighted by atomic mass is 9.95. The third-order valence-electron chi connectivity index (χ3n) is 5.46. The normalized spacial score (nSPS) is 20.9. The van der Waals surface area contributed by atoms with Crippen LogP contribution in [0.15, 0.2) is 40.9 Å². The first-order valence-electron chi connectivity index (χ1n) is 8.98. The van der Waals surface area contributed by atoms with E-state index < -0.39 is 17.5 Å². The number of amides is 4. The molecule has 0 saturated carbocycles. The molecule has 3 aromatic rings. The van der Waals surface area contributed by atoms with Crippen LogP contribution >= 0.6 is 0 Å². The van der Waals surface area contributed by atoms with E-state index >= 15 is 0 Å². The van der Waals surface area contributed by atoms with Gasteiger partial charge in [-0.2, -0.15) is 0 Å². The molecule has 1 aromatic carbocycles. The fourth-order valence-corrected chi connectivity index (χ4v) is 3.97. The molecular weight excluding hydrogens is 376 g/mol. The number of aromatic hydroxyl groups is 1. The van der Waals surface area contributed by atoms with Crippen LogP contribution in [0.3, 0.4) is 0 Å². The van der Waals surface area contributed by atoms with Gasteiger partial charge in [0.25, 0.3) is 11.8 Å². The van der Waals surface area contributed by atoms with Crippen molar-refractivity contribution in [1.29, 1.82) is 0 Å². The van der Waals surface area contributed by atoms with Crippen molar-refractivity contribution in [1.82, 2.24) is 20.5 Å². The van der Waals surface area contributed by atoms with E-state index in [-0.39, 0.29) is 30.5 Å². The van der Waals surface area contributed by atoms with Gasteiger partial charge in [-0.3, -0.25) is 19.9 Å². The second kappa shape index (κ2) is 5.81. The molecule has 9 nitrogen and oxygen atoms in total. The number of pyridine rings is 1. The number of furan rings is 1. The summed E-state index contributed by atoms with van der Waals surface area (Å²) < 4.78 is 5.82. The molecule has 1 fully saturated rings. The van der Waals surface area contributed by atoms with Crippen molar-refractivity contribution >= 4 is 28.9 Å². The van der Waals surface area contributed by atoms with E-state index in [0.29, 0.717) is 22.2 Å². The molecule has 1 saturated heterocycles. The molecule has 1 atom stereocenters. The zero-order valence-corrected chi connectivity index (χ0v) is 15.4. The smallest absolute Gasteiger partial charge is 0.322 e. The summed E-state index contributed by atoms with van der Waals surface area (Å²) in [6.45, 7) is 1.79. The standard InChI is InChI=1S/C20H16N4O5/c1-10-13(25)5-4-11-8-24(17(26)16(10)11)9-20(18(27)22-19(28)23-20)15-7-12-14(29-15)3-2-6-21-12/h2-7,25H,8-9H2,1H3,(H2,22,23,27,28)/t20-/m0/s1. The summed E-state index contributed by atoms with van der Waals surface area (Å²) in [5, 5.41) is 14.8. The number of hydrogen-bond donors (Lipinski definition) is 3. The molecule has 0 bridgehead atoms. The molecule has 29 heavy (non-hydrogen) atoms. The van der Waals surface area contributed by atoms with Gasteiger partial charge in [0.2, 0.25) is 0 Å². The van der Waals surface area contributed by atoms with Crippen molar-refractivity contribution in [2.45, 2.75) is 19.0 Å². The van der Waals surface area contributed by atoms with Crippen molar-refractivity contribution in [2.75, 3.05) is 6.54 Å². The van der Waals surface area contributed by atoms with Gasteiger partial charge < -0.3 is 19.7 Å². The summed E-state index contributed by atoms with van der Waals surface area (Å²) >= 11 is 0. The highest BCUT2D eigenvalue weighted by atomic mass is 16.3. The van der Waals surface area contributed by atoms with Gasteiger partial charge in [-0.25, -0.2) is 4.79 Å². The van der Waals surface area contributed by atoms with E-state index in [1.54, 1.807) is 37.4 Å². The van der Waals surface area contributed by atoms with Gasteiger partial charge in [0, 0.05) is 24.4 Å². The molecule has 146 valence electrons. The monoisotopic (exact) mass is 392 g/mol. The van der Waals surface area contributed by atoms with Crippen LogP contribution in [0.1, 0.15) is 27.2 Å². The van der Waals surface area contributed by atoms with Crippen molar-refractivity contribution in [3.63, 3.8) is 0 Å². The van der Waals surface area contributed by atoms with Crippen LogP contribution < -0.4 is 10.6 Å². The average molecular weight is 392 g/mol. The summed E-state index contributed by atoms with van der Waals surface area (Å²) in [5.41, 5.74) is 1.07. The average Bonchev–Trinajstić information content (AvgIpc) is 3.34. The van der Waals surface area contributed by atoms with Gasteiger partial charge >= 0.3 is 6.03 Å². The quantitative estimate of drug-likeness (QED) is 0.581. The topological polar surface area (TPSA) is 125 Å². The van der Waals surface area contributed by atoms with Crippen LogP contribution in [0.5, 0.6) is 5.75 Å². The third kappa shape index (κ3) is 2.40. The maximum Gasteiger partial charge on any atom is 0.322 e. The number of phenolic OH excluding ortho intramolecular Hbond substituents is 1. The van der Waals surface area contributed by atoms with Crippen LogP contribution in [0.2, 0.25) is 0 Å². The van der Waals surface area contributed by atoms with Gasteiger partial charge in [0.05, 0.1) is 12.1 Å². The molecule has 2 aliphatic heterocycles. The van der Waals surface area contributed by atoms with Crippen molar-refractivity contribution in [2.24, 2.45) is 0 Å². The zero-order chi connectivity index (χ0) is 20.3. The maximum atomic E-state index is 13.0. The lowest BCUT2D eigenvalue weighted by molar-refractivity contribution is -0.125. The molecule has 2 aromatic heterocycles. The van der Waals surface area contributed by atoms with Gasteiger partial charge in [0.1, 0.15) is 17.0 Å². The Kier molecular flexibility index (Phi) is 3.45. The molecule has 9 heteroatoms. The number of fused-ring (bicyclic) bond motifs is 2. The number of carbonyl (C=O) groups is 3. The number of rotatable bonds is 3. The molecule has 4 amide bonds. The molecule has 0 spiro atoms. The molecule has 3 N–H and O–H groups in total. The van der Waals surface area contributed by atoms with Gasteiger partial charge in [-0.1, -0.05) is 6.07 Å². The molecular formula is C20H16N4O5. The highest BCUT2D eigenvalue weighted by molar-refractivity contribution is 6.08. The van der Waals surface area contributed by atoms with Crippen LogP contribution in [-0.4, -0.2) is 39.4 Å². The molecule has 2 aliphatic rings. The van der Waals surface area contributed by atoms with E-state index in [4.69, 9.17) is 4.42 Å². The number of aromatic nitrogens is 1. The highest BCUT2D eigenvalue weighted by Gasteiger charge is 2.53. The minimum Gasteiger partial charge on any atom is -0.508 e. The van der Waals surface area contributed by atoms with E-state index in [1.165, 1.54) is 11.0 Å². The van der Waals surface area contributed by atoms with Gasteiger partial charge in [-0.05, 0) is 30.7 Å². The van der Waals surface area contributed by atoms with E-state index in [0.717, 1.165) is 5.56 Å². The number of phenols is 1. The first-order valence-corrected chi connectivity index (χ1v) is 8.98. The highest BCUT2D eigenvalue weighted by Crippen LogP contribution is 2.35. The van der Waals surface area contributed by atoms with Crippen molar-refractivity contribution in [3.05, 3.63) is 59.0 Å². The Labute approximate surface area is 164 Å². The summed E-state index contributed by atoms with van der Waals surface area (Å²) in [5.74, 6) is -0.706. The molecule has 0 aliphatic carbocycles. The van der Waals surface area contributed by atoms with E-state index in [2.05, 4.69) is 15.6 Å². The second-order valence-electron chi connectivity index (χ2n) is 7.22.